The summed E-state index contributed by atoms with van der Waals surface area (Å²) in [5, 5.41) is 0. The van der Waals surface area contributed by atoms with Crippen molar-refractivity contribution in [1.82, 2.24) is 5.43 Å². The van der Waals surface area contributed by atoms with E-state index in [0.29, 0.717) is 11.5 Å². The Labute approximate surface area is 101 Å². The molecule has 0 spiro atoms. The molecule has 2 rings (SSSR count). The van der Waals surface area contributed by atoms with Gasteiger partial charge in [0, 0.05) is 19.3 Å². The Morgan fingerprint density at radius 1 is 1.41 bits per heavy atom. The number of nitrogens with one attached hydrogen (secondary N) is 1. The van der Waals surface area contributed by atoms with Gasteiger partial charge in [-0.2, -0.15) is 0 Å². The molecule has 1 atom stereocenters. The van der Waals surface area contributed by atoms with Crippen molar-refractivity contribution >= 4 is 0 Å². The highest BCUT2D eigenvalue weighted by Crippen LogP contribution is 2.30. The molecule has 0 aromatic heterocycles. The summed E-state index contributed by atoms with van der Waals surface area (Å²) in [6.07, 6.45) is 1.93. The smallest absolute Gasteiger partial charge is 0.126 e. The molecule has 1 unspecified atom stereocenters. The second kappa shape index (κ2) is 5.58. The fourth-order valence-electron chi connectivity index (χ4n) is 2.36. The van der Waals surface area contributed by atoms with E-state index in [1.807, 2.05) is 6.07 Å². The standard InChI is InChI=1S/C13H19FN2O/c1-9-2-3-11(8-12(9)14)13(16-15)10-4-6-17-7-5-10/h2-3,8,10,13,16H,4-7,15H2,1H3. The van der Waals surface area contributed by atoms with E-state index in [9.17, 15) is 4.39 Å². The van der Waals surface area contributed by atoms with E-state index in [0.717, 1.165) is 31.6 Å². The van der Waals surface area contributed by atoms with Crippen LogP contribution >= 0.6 is 0 Å². The summed E-state index contributed by atoms with van der Waals surface area (Å²) in [5.41, 5.74) is 4.39. The van der Waals surface area contributed by atoms with Gasteiger partial charge in [0.15, 0.2) is 0 Å². The highest BCUT2D eigenvalue weighted by atomic mass is 19.1. The molecule has 94 valence electrons. The van der Waals surface area contributed by atoms with Gasteiger partial charge >= 0.3 is 0 Å². The summed E-state index contributed by atoms with van der Waals surface area (Å²) < 4.78 is 18.9. The molecule has 4 heteroatoms. The number of hydrogen-bond donors (Lipinski definition) is 2. The van der Waals surface area contributed by atoms with Crippen molar-refractivity contribution in [1.29, 1.82) is 0 Å². The van der Waals surface area contributed by atoms with Crippen LogP contribution in [-0.4, -0.2) is 13.2 Å². The second-order valence-electron chi connectivity index (χ2n) is 4.60. The molecule has 3 nitrogen and oxygen atoms in total. The lowest BCUT2D eigenvalue weighted by atomic mass is 9.87. The first-order chi connectivity index (χ1) is 8.22. The number of rotatable bonds is 3. The van der Waals surface area contributed by atoms with Gasteiger partial charge in [0.1, 0.15) is 5.82 Å². The van der Waals surface area contributed by atoms with Gasteiger partial charge in [0.25, 0.3) is 0 Å². The fourth-order valence-corrected chi connectivity index (χ4v) is 2.36. The summed E-state index contributed by atoms with van der Waals surface area (Å²) in [6.45, 7) is 3.28. The van der Waals surface area contributed by atoms with Crippen molar-refractivity contribution in [2.75, 3.05) is 13.2 Å². The Bertz CT molecular complexity index is 378. The summed E-state index contributed by atoms with van der Waals surface area (Å²) in [5.74, 6) is 5.85. The van der Waals surface area contributed by atoms with E-state index in [2.05, 4.69) is 5.43 Å². The van der Waals surface area contributed by atoms with Crippen molar-refractivity contribution in [3.63, 3.8) is 0 Å². The minimum atomic E-state index is -0.171. The Morgan fingerprint density at radius 2 is 2.12 bits per heavy atom. The largest absolute Gasteiger partial charge is 0.381 e. The van der Waals surface area contributed by atoms with E-state index in [-0.39, 0.29) is 11.9 Å². The van der Waals surface area contributed by atoms with Crippen LogP contribution < -0.4 is 11.3 Å². The van der Waals surface area contributed by atoms with E-state index in [1.165, 1.54) is 0 Å². The van der Waals surface area contributed by atoms with Gasteiger partial charge in [-0.1, -0.05) is 12.1 Å². The molecule has 0 amide bonds. The number of halogens is 1. The maximum Gasteiger partial charge on any atom is 0.126 e. The molecular weight excluding hydrogens is 219 g/mol. The van der Waals surface area contributed by atoms with E-state index >= 15 is 0 Å². The summed E-state index contributed by atoms with van der Waals surface area (Å²) >= 11 is 0. The highest BCUT2D eigenvalue weighted by molar-refractivity contribution is 5.26. The number of nitrogens with two attached hydrogens (primary N) is 1. The van der Waals surface area contributed by atoms with Crippen LogP contribution in [0.2, 0.25) is 0 Å². The molecule has 0 saturated carbocycles. The third-order valence-corrected chi connectivity index (χ3v) is 3.47. The minimum absolute atomic E-state index is 0.00833. The number of aryl methyl sites for hydroxylation is 1. The van der Waals surface area contributed by atoms with Crippen LogP contribution in [0, 0.1) is 18.7 Å². The zero-order valence-electron chi connectivity index (χ0n) is 10.1. The first-order valence-electron chi connectivity index (χ1n) is 6.02. The monoisotopic (exact) mass is 238 g/mol. The Hall–Kier alpha value is -0.970. The third kappa shape index (κ3) is 2.83. The second-order valence-corrected chi connectivity index (χ2v) is 4.60. The molecule has 1 fully saturated rings. The topological polar surface area (TPSA) is 47.3 Å². The molecule has 1 aliphatic heterocycles. The van der Waals surface area contributed by atoms with Crippen molar-refractivity contribution in [2.45, 2.75) is 25.8 Å². The first-order valence-corrected chi connectivity index (χ1v) is 6.02. The summed E-state index contributed by atoms with van der Waals surface area (Å²) in [4.78, 5) is 0. The summed E-state index contributed by atoms with van der Waals surface area (Å²) in [6, 6.07) is 5.33. The van der Waals surface area contributed by atoms with Crippen LogP contribution in [0.5, 0.6) is 0 Å². The predicted molar refractivity (Wildman–Crippen MR) is 64.7 cm³/mol. The zero-order valence-corrected chi connectivity index (χ0v) is 10.1. The molecule has 1 aromatic rings. The predicted octanol–water partition coefficient (Wildman–Crippen LogP) is 2.07. The lowest BCUT2D eigenvalue weighted by Crippen LogP contribution is -2.36. The van der Waals surface area contributed by atoms with Crippen LogP contribution in [-0.2, 0) is 4.74 Å². The van der Waals surface area contributed by atoms with Gasteiger partial charge in [-0.3, -0.25) is 11.3 Å². The Morgan fingerprint density at radius 3 is 2.71 bits per heavy atom. The Balaban J connectivity index is 2.18. The van der Waals surface area contributed by atoms with Crippen LogP contribution in [0.15, 0.2) is 18.2 Å². The molecule has 1 aliphatic rings. The summed E-state index contributed by atoms with van der Waals surface area (Å²) in [7, 11) is 0. The quantitative estimate of drug-likeness (QED) is 0.626. The lowest BCUT2D eigenvalue weighted by Gasteiger charge is -2.30. The third-order valence-electron chi connectivity index (χ3n) is 3.47. The maximum atomic E-state index is 13.5. The number of benzene rings is 1. The molecule has 3 N–H and O–H groups in total. The molecule has 17 heavy (non-hydrogen) atoms. The molecule has 1 saturated heterocycles. The van der Waals surface area contributed by atoms with Gasteiger partial charge in [-0.25, -0.2) is 4.39 Å². The highest BCUT2D eigenvalue weighted by Gasteiger charge is 2.24. The van der Waals surface area contributed by atoms with Crippen LogP contribution in [0.25, 0.3) is 0 Å². The maximum absolute atomic E-state index is 13.5. The SMILES string of the molecule is Cc1ccc(C(NN)C2CCOCC2)cc1F. The normalized spacial score (nSPS) is 19.2. The van der Waals surface area contributed by atoms with E-state index in [1.54, 1.807) is 19.1 Å². The van der Waals surface area contributed by atoms with Crippen molar-refractivity contribution in [3.8, 4) is 0 Å². The average Bonchev–Trinajstić information content (AvgIpc) is 2.36. The number of ether oxygens (including phenoxy) is 1. The first kappa shape index (κ1) is 12.5. The minimum Gasteiger partial charge on any atom is -0.381 e. The van der Waals surface area contributed by atoms with Gasteiger partial charge in [-0.15, -0.1) is 0 Å². The fraction of sp³-hybridized carbons (Fsp3) is 0.538. The van der Waals surface area contributed by atoms with Gasteiger partial charge in [0.2, 0.25) is 0 Å². The average molecular weight is 238 g/mol. The van der Waals surface area contributed by atoms with Crippen LogP contribution in [0.1, 0.15) is 30.0 Å². The number of hydrogen-bond acceptors (Lipinski definition) is 3. The molecule has 1 heterocycles. The van der Waals surface area contributed by atoms with Gasteiger partial charge < -0.3 is 4.74 Å². The molecule has 0 bridgehead atoms. The Kier molecular flexibility index (Phi) is 4.10. The van der Waals surface area contributed by atoms with Crippen molar-refractivity contribution < 1.29 is 9.13 Å². The van der Waals surface area contributed by atoms with Gasteiger partial charge in [0.05, 0.1) is 0 Å². The lowest BCUT2D eigenvalue weighted by molar-refractivity contribution is 0.0536. The van der Waals surface area contributed by atoms with Crippen LogP contribution in [0.4, 0.5) is 4.39 Å². The molecular formula is C13H19FN2O. The molecule has 0 radical (unpaired) electrons. The van der Waals surface area contributed by atoms with Crippen LogP contribution in [0.3, 0.4) is 0 Å². The molecule has 1 aromatic carbocycles. The zero-order chi connectivity index (χ0) is 12.3. The van der Waals surface area contributed by atoms with Crippen molar-refractivity contribution in [2.24, 2.45) is 11.8 Å². The van der Waals surface area contributed by atoms with E-state index in [4.69, 9.17) is 10.6 Å². The number of hydrazine groups is 1. The van der Waals surface area contributed by atoms with E-state index < -0.39 is 0 Å². The van der Waals surface area contributed by atoms with Gasteiger partial charge in [-0.05, 0) is 42.9 Å². The van der Waals surface area contributed by atoms with Crippen molar-refractivity contribution in [3.05, 3.63) is 35.1 Å². The molecule has 0 aliphatic carbocycles.